The second-order valence-corrected chi connectivity index (χ2v) is 10.9. The van der Waals surface area contributed by atoms with Crippen molar-refractivity contribution in [1.29, 1.82) is 0 Å². The zero-order chi connectivity index (χ0) is 28.9. The van der Waals surface area contributed by atoms with Crippen molar-refractivity contribution in [2.75, 3.05) is 5.75 Å². The summed E-state index contributed by atoms with van der Waals surface area (Å²) in [6.07, 6.45) is 2.13. The Morgan fingerprint density at radius 1 is 1.21 bits per heavy atom. The van der Waals surface area contributed by atoms with Gasteiger partial charge >= 0.3 is 11.9 Å². The van der Waals surface area contributed by atoms with E-state index < -0.39 is 44.3 Å². The Kier molecular flexibility index (Phi) is 9.47. The van der Waals surface area contributed by atoms with E-state index in [1.807, 2.05) is 0 Å². The zero-order valence-electron chi connectivity index (χ0n) is 19.7. The van der Waals surface area contributed by atoms with E-state index in [2.05, 4.69) is 0 Å². The first-order valence-electron chi connectivity index (χ1n) is 10.8. The van der Waals surface area contributed by atoms with Crippen LogP contribution in [-0.4, -0.2) is 62.9 Å². The number of hydrogen-bond acceptors (Lipinski definition) is 10. The van der Waals surface area contributed by atoms with Crippen molar-refractivity contribution in [1.82, 2.24) is 4.90 Å². The van der Waals surface area contributed by atoms with Crippen LogP contribution >= 0.6 is 23.4 Å². The Bertz CT molecular complexity index is 1460. The number of thioether (sulfide) groups is 1. The van der Waals surface area contributed by atoms with Gasteiger partial charge < -0.3 is 15.6 Å². The normalized spacial score (nSPS) is 18.5. The molecule has 0 saturated carbocycles. The standard InChI is InChI=1S/C17H15N3O7S.C6H5ClO3S/c18-13-15(23)19-14(10(3-6-12(21)22)8-28-16(13)19)17(24)27-7-9-1-4-11(5-2-9)20(25)26;7-5-1-3-6(4-2-5)11(8,9)10/h1-6,13,16H,7-8,18H2,(H,21,22);1-4H,(H,8,9,10)/t13?,16-;/m0./s1. The molecule has 1 amide bonds. The molecule has 2 aliphatic heterocycles. The number of esters is 1. The average Bonchev–Trinajstić information content (AvgIpc) is 2.89. The molecule has 1 saturated heterocycles. The molecule has 4 N–H and O–H groups in total. The molecule has 2 atom stereocenters. The van der Waals surface area contributed by atoms with Crippen LogP contribution in [0, 0.1) is 10.1 Å². The Morgan fingerprint density at radius 3 is 2.36 bits per heavy atom. The van der Waals surface area contributed by atoms with Gasteiger partial charge in [0.2, 0.25) is 5.91 Å². The topological polar surface area (TPSA) is 207 Å². The van der Waals surface area contributed by atoms with Gasteiger partial charge in [-0.15, -0.1) is 11.8 Å². The lowest BCUT2D eigenvalue weighted by molar-refractivity contribution is -0.384. The summed E-state index contributed by atoms with van der Waals surface area (Å²) in [6, 6.07) is 10.0. The van der Waals surface area contributed by atoms with Crippen LogP contribution in [0.4, 0.5) is 5.69 Å². The van der Waals surface area contributed by atoms with Gasteiger partial charge in [-0.05, 0) is 53.6 Å². The summed E-state index contributed by atoms with van der Waals surface area (Å²) < 4.78 is 34.7. The molecule has 2 aromatic carbocycles. The highest BCUT2D eigenvalue weighted by Crippen LogP contribution is 2.40. The number of nitrogens with zero attached hydrogens (tertiary/aromatic N) is 2. The van der Waals surface area contributed by atoms with E-state index in [1.165, 1.54) is 71.3 Å². The molecule has 0 radical (unpaired) electrons. The second kappa shape index (κ2) is 12.4. The molecule has 16 heteroatoms. The Balaban J connectivity index is 0.000000320. The van der Waals surface area contributed by atoms with Gasteiger partial charge in [0.05, 0.1) is 9.82 Å². The molecule has 0 bridgehead atoms. The van der Waals surface area contributed by atoms with E-state index in [0.29, 0.717) is 21.9 Å². The molecule has 39 heavy (non-hydrogen) atoms. The molecule has 4 rings (SSSR count). The number of nitro benzene ring substituents is 1. The minimum Gasteiger partial charge on any atom is -0.478 e. The minimum absolute atomic E-state index is 0.0325. The van der Waals surface area contributed by atoms with Gasteiger partial charge in [0.1, 0.15) is 23.7 Å². The molecule has 2 aromatic rings. The van der Waals surface area contributed by atoms with Crippen LogP contribution in [0.25, 0.3) is 0 Å². The number of carboxylic acid groups (broad SMARTS) is 1. The van der Waals surface area contributed by atoms with Crippen LogP contribution in [0.5, 0.6) is 0 Å². The summed E-state index contributed by atoms with van der Waals surface area (Å²) in [5.41, 5.74) is 6.50. The number of fused-ring (bicyclic) bond motifs is 1. The number of halogens is 1. The third kappa shape index (κ3) is 7.42. The molecule has 2 aliphatic rings. The van der Waals surface area contributed by atoms with Crippen LogP contribution in [0.15, 0.2) is 76.8 Å². The molecular weight excluding hydrogens is 578 g/mol. The maximum absolute atomic E-state index is 12.6. The number of hydrogen-bond donors (Lipinski definition) is 3. The van der Waals surface area contributed by atoms with Crippen LogP contribution < -0.4 is 5.73 Å². The van der Waals surface area contributed by atoms with Gasteiger partial charge in [-0.25, -0.2) is 9.59 Å². The highest BCUT2D eigenvalue weighted by Gasteiger charge is 2.51. The number of non-ortho nitro benzene ring substituents is 1. The number of benzene rings is 2. The number of allylic oxidation sites excluding steroid dienone is 1. The lowest BCUT2D eigenvalue weighted by atomic mass is 10.0. The Labute approximate surface area is 230 Å². The van der Waals surface area contributed by atoms with Crippen molar-refractivity contribution in [3.8, 4) is 0 Å². The van der Waals surface area contributed by atoms with Crippen LogP contribution in [0.2, 0.25) is 5.02 Å². The summed E-state index contributed by atoms with van der Waals surface area (Å²) in [7, 11) is -4.08. The van der Waals surface area contributed by atoms with E-state index in [1.54, 1.807) is 0 Å². The highest BCUT2D eigenvalue weighted by molar-refractivity contribution is 8.00. The van der Waals surface area contributed by atoms with Crippen LogP contribution in [-0.2, 0) is 35.8 Å². The second-order valence-electron chi connectivity index (χ2n) is 7.91. The number of ether oxygens (including phenoxy) is 1. The van der Waals surface area contributed by atoms with Gasteiger partial charge in [-0.3, -0.25) is 24.4 Å². The summed E-state index contributed by atoms with van der Waals surface area (Å²) >= 11 is 6.82. The van der Waals surface area contributed by atoms with E-state index in [0.717, 1.165) is 6.08 Å². The van der Waals surface area contributed by atoms with Gasteiger partial charge in [-0.1, -0.05) is 11.6 Å². The lowest BCUT2D eigenvalue weighted by Gasteiger charge is -2.48. The van der Waals surface area contributed by atoms with Crippen molar-refractivity contribution >= 4 is 57.0 Å². The quantitative estimate of drug-likeness (QED) is 0.105. The number of rotatable bonds is 7. The fourth-order valence-electron chi connectivity index (χ4n) is 3.37. The number of nitro groups is 1. The number of amides is 1. The number of carboxylic acids is 1. The predicted molar refractivity (Wildman–Crippen MR) is 139 cm³/mol. The summed E-state index contributed by atoms with van der Waals surface area (Å²) in [5.74, 6) is -2.13. The third-order valence-electron chi connectivity index (χ3n) is 5.29. The van der Waals surface area contributed by atoms with E-state index in [9.17, 15) is 32.9 Å². The largest absolute Gasteiger partial charge is 0.478 e. The van der Waals surface area contributed by atoms with Crippen molar-refractivity contribution < 1.29 is 42.1 Å². The Hall–Kier alpha value is -3.76. The van der Waals surface area contributed by atoms with Crippen molar-refractivity contribution in [2.24, 2.45) is 5.73 Å². The predicted octanol–water partition coefficient (Wildman–Crippen LogP) is 2.36. The van der Waals surface area contributed by atoms with Gasteiger partial charge in [-0.2, -0.15) is 8.42 Å². The number of β-lactam (4-membered cyclic amide) rings is 1. The minimum atomic E-state index is -4.08. The molecule has 1 fully saturated rings. The summed E-state index contributed by atoms with van der Waals surface area (Å²) in [4.78, 5) is 46.7. The molecule has 206 valence electrons. The van der Waals surface area contributed by atoms with Crippen LogP contribution in [0.3, 0.4) is 0 Å². The smallest absolute Gasteiger partial charge is 0.355 e. The molecule has 2 heterocycles. The van der Waals surface area contributed by atoms with Gasteiger partial charge in [0.15, 0.2) is 0 Å². The van der Waals surface area contributed by atoms with Gasteiger partial charge in [0, 0.05) is 29.0 Å². The van der Waals surface area contributed by atoms with Crippen molar-refractivity contribution in [3.63, 3.8) is 0 Å². The summed E-state index contributed by atoms with van der Waals surface area (Å²) in [5, 5.41) is 19.5. The molecule has 13 nitrogen and oxygen atoms in total. The fraction of sp³-hybridized carbons (Fsp3) is 0.174. The average molecular weight is 598 g/mol. The molecule has 0 aliphatic carbocycles. The molecule has 1 unspecified atom stereocenters. The first-order chi connectivity index (χ1) is 18.3. The van der Waals surface area contributed by atoms with Gasteiger partial charge in [0.25, 0.3) is 15.8 Å². The maximum atomic E-state index is 12.6. The zero-order valence-corrected chi connectivity index (χ0v) is 22.1. The number of aliphatic carboxylic acids is 1. The number of carbonyl (C=O) groups excluding carboxylic acids is 2. The lowest BCUT2D eigenvalue weighted by Crippen LogP contribution is -2.68. The monoisotopic (exact) mass is 597 g/mol. The van der Waals surface area contributed by atoms with E-state index in [4.69, 9.17) is 31.7 Å². The van der Waals surface area contributed by atoms with E-state index in [-0.39, 0.29) is 22.9 Å². The molecular formula is C23H20ClN3O10S2. The third-order valence-corrected chi connectivity index (χ3v) is 7.73. The van der Waals surface area contributed by atoms with Crippen LogP contribution in [0.1, 0.15) is 5.56 Å². The molecule has 0 aromatic heterocycles. The SMILES string of the molecule is NC1C(=O)N2C(C(=O)OCc3ccc([N+](=O)[O-])cc3)=C(C=CC(=O)O)CS[C@@H]12.O=S(=O)(O)c1ccc(Cl)cc1. The van der Waals surface area contributed by atoms with Crippen molar-refractivity contribution in [2.45, 2.75) is 22.9 Å². The molecule has 0 spiro atoms. The van der Waals surface area contributed by atoms with Crippen molar-refractivity contribution in [3.05, 3.63) is 92.7 Å². The first kappa shape index (κ1) is 29.8. The number of nitrogens with two attached hydrogens (primary N) is 1. The highest BCUT2D eigenvalue weighted by atomic mass is 35.5. The first-order valence-corrected chi connectivity index (χ1v) is 13.6. The van der Waals surface area contributed by atoms with E-state index >= 15 is 0 Å². The number of carbonyl (C=O) groups is 3. The fourth-order valence-corrected chi connectivity index (χ4v) is 5.24. The summed E-state index contributed by atoms with van der Waals surface area (Å²) in [6.45, 7) is -0.165. The maximum Gasteiger partial charge on any atom is 0.355 e. The Morgan fingerprint density at radius 2 is 1.82 bits per heavy atom.